The molecule has 9 heteroatoms. The number of anilines is 3. The molecule has 4 rings (SSSR count). The second kappa shape index (κ2) is 7.50. The highest BCUT2D eigenvalue weighted by atomic mass is 16.3. The Kier molecular flexibility index (Phi) is 4.75. The van der Waals surface area contributed by atoms with E-state index in [0.29, 0.717) is 22.9 Å². The first-order valence-electron chi connectivity index (χ1n) is 8.73. The maximum atomic E-state index is 10.4. The molecule has 0 aromatic carbocycles. The fourth-order valence-corrected chi connectivity index (χ4v) is 2.86. The quantitative estimate of drug-likeness (QED) is 0.634. The Hall–Kier alpha value is -3.33. The number of hydrogen-bond donors (Lipinski definition) is 3. The van der Waals surface area contributed by atoms with Crippen molar-refractivity contribution in [2.45, 2.75) is 6.92 Å². The zero-order valence-corrected chi connectivity index (χ0v) is 14.9. The van der Waals surface area contributed by atoms with E-state index in [2.05, 4.69) is 40.7 Å². The molecule has 1 aliphatic rings. The Morgan fingerprint density at radius 1 is 1.00 bits per heavy atom. The smallest absolute Gasteiger partial charge is 0.151 e. The maximum absolute atomic E-state index is 10.4. The molecule has 0 saturated carbocycles. The van der Waals surface area contributed by atoms with E-state index in [-0.39, 0.29) is 5.75 Å². The Labute approximate surface area is 156 Å². The van der Waals surface area contributed by atoms with Crippen molar-refractivity contribution >= 4 is 17.2 Å². The molecular weight excluding hydrogens is 344 g/mol. The van der Waals surface area contributed by atoms with Crippen LogP contribution in [0.25, 0.3) is 11.4 Å². The Balaban J connectivity index is 1.51. The minimum absolute atomic E-state index is 0.0252. The van der Waals surface area contributed by atoms with Crippen LogP contribution in [0.5, 0.6) is 5.75 Å². The van der Waals surface area contributed by atoms with Crippen LogP contribution in [0.4, 0.5) is 17.2 Å². The number of aryl methyl sites for hydroxylation is 1. The SMILES string of the molecule is Cc1ncc(Nc2cnc(-c3ccc(N4CCNCC4)nn3)c(O)c2)cn1. The number of nitrogens with one attached hydrogen (secondary N) is 2. The number of pyridine rings is 1. The molecule has 4 heterocycles. The van der Waals surface area contributed by atoms with Gasteiger partial charge in [0.2, 0.25) is 0 Å². The van der Waals surface area contributed by atoms with Gasteiger partial charge in [-0.25, -0.2) is 15.0 Å². The summed E-state index contributed by atoms with van der Waals surface area (Å²) in [6.45, 7) is 5.50. The van der Waals surface area contributed by atoms with E-state index in [0.717, 1.165) is 37.7 Å². The second-order valence-corrected chi connectivity index (χ2v) is 6.25. The topological polar surface area (TPSA) is 112 Å². The largest absolute Gasteiger partial charge is 0.506 e. The fourth-order valence-electron chi connectivity index (χ4n) is 2.86. The normalized spacial score (nSPS) is 14.2. The van der Waals surface area contributed by atoms with E-state index in [4.69, 9.17) is 0 Å². The van der Waals surface area contributed by atoms with Gasteiger partial charge in [0.25, 0.3) is 0 Å². The summed E-state index contributed by atoms with van der Waals surface area (Å²) in [5, 5.41) is 25.3. The molecule has 0 amide bonds. The predicted octanol–water partition coefficient (Wildman–Crippen LogP) is 1.50. The van der Waals surface area contributed by atoms with Crippen molar-refractivity contribution in [3.8, 4) is 17.1 Å². The number of nitrogens with zero attached hydrogens (tertiary/aromatic N) is 6. The Morgan fingerprint density at radius 2 is 1.74 bits per heavy atom. The molecule has 0 aliphatic carbocycles. The first-order valence-corrected chi connectivity index (χ1v) is 8.73. The average Bonchev–Trinajstić information content (AvgIpc) is 2.71. The summed E-state index contributed by atoms with van der Waals surface area (Å²) in [7, 11) is 0. The maximum Gasteiger partial charge on any atom is 0.151 e. The van der Waals surface area contributed by atoms with Crippen LogP contribution in [0.2, 0.25) is 0 Å². The van der Waals surface area contributed by atoms with Crippen LogP contribution in [-0.4, -0.2) is 56.4 Å². The highest BCUT2D eigenvalue weighted by Gasteiger charge is 2.14. The first kappa shape index (κ1) is 17.1. The lowest BCUT2D eigenvalue weighted by Gasteiger charge is -2.27. The van der Waals surface area contributed by atoms with Crippen molar-refractivity contribution in [1.29, 1.82) is 0 Å². The van der Waals surface area contributed by atoms with Gasteiger partial charge in [0.05, 0.1) is 30.0 Å². The molecular formula is C18H20N8O. The third kappa shape index (κ3) is 3.93. The van der Waals surface area contributed by atoms with Crippen LogP contribution in [0.15, 0.2) is 36.8 Å². The number of rotatable bonds is 4. The van der Waals surface area contributed by atoms with Crippen LogP contribution in [0.1, 0.15) is 5.82 Å². The van der Waals surface area contributed by atoms with Crippen LogP contribution in [0.3, 0.4) is 0 Å². The third-order valence-electron chi connectivity index (χ3n) is 4.27. The van der Waals surface area contributed by atoms with Crippen molar-refractivity contribution in [1.82, 2.24) is 30.5 Å². The highest BCUT2D eigenvalue weighted by Crippen LogP contribution is 2.29. The Morgan fingerprint density at radius 3 is 2.41 bits per heavy atom. The Bertz CT molecular complexity index is 908. The molecule has 3 N–H and O–H groups in total. The molecule has 138 valence electrons. The molecule has 1 saturated heterocycles. The van der Waals surface area contributed by atoms with Gasteiger partial charge in [0, 0.05) is 32.2 Å². The van der Waals surface area contributed by atoms with E-state index in [1.807, 2.05) is 19.1 Å². The van der Waals surface area contributed by atoms with Gasteiger partial charge in [0.1, 0.15) is 23.0 Å². The van der Waals surface area contributed by atoms with Crippen LogP contribution >= 0.6 is 0 Å². The number of aromatic nitrogens is 5. The minimum atomic E-state index is 0.0252. The van der Waals surface area contributed by atoms with E-state index < -0.39 is 0 Å². The van der Waals surface area contributed by atoms with Gasteiger partial charge in [-0.05, 0) is 19.1 Å². The lowest BCUT2D eigenvalue weighted by Crippen LogP contribution is -2.43. The van der Waals surface area contributed by atoms with Gasteiger partial charge in [-0.2, -0.15) is 0 Å². The fraction of sp³-hybridized carbons (Fsp3) is 0.278. The summed E-state index contributed by atoms with van der Waals surface area (Å²) in [5.41, 5.74) is 2.26. The zero-order valence-electron chi connectivity index (χ0n) is 14.9. The van der Waals surface area contributed by atoms with Gasteiger partial charge in [0.15, 0.2) is 5.82 Å². The molecule has 0 radical (unpaired) electrons. The monoisotopic (exact) mass is 364 g/mol. The molecule has 1 fully saturated rings. The molecule has 0 bridgehead atoms. The number of piperazine rings is 1. The van der Waals surface area contributed by atoms with Crippen molar-refractivity contribution in [2.75, 3.05) is 36.4 Å². The molecule has 0 spiro atoms. The molecule has 0 unspecified atom stereocenters. The van der Waals surface area contributed by atoms with Gasteiger partial charge in [-0.3, -0.25) is 0 Å². The van der Waals surface area contributed by atoms with Gasteiger partial charge in [-0.15, -0.1) is 10.2 Å². The summed E-state index contributed by atoms with van der Waals surface area (Å²) in [6.07, 6.45) is 4.97. The van der Waals surface area contributed by atoms with Gasteiger partial charge >= 0.3 is 0 Å². The molecule has 0 atom stereocenters. The highest BCUT2D eigenvalue weighted by molar-refractivity contribution is 5.68. The van der Waals surface area contributed by atoms with Crippen molar-refractivity contribution in [2.24, 2.45) is 0 Å². The summed E-state index contributed by atoms with van der Waals surface area (Å²) in [5.74, 6) is 1.55. The summed E-state index contributed by atoms with van der Waals surface area (Å²) < 4.78 is 0. The molecule has 1 aliphatic heterocycles. The van der Waals surface area contributed by atoms with E-state index in [9.17, 15) is 5.11 Å². The van der Waals surface area contributed by atoms with Crippen molar-refractivity contribution < 1.29 is 5.11 Å². The van der Waals surface area contributed by atoms with Crippen LogP contribution in [0, 0.1) is 6.92 Å². The van der Waals surface area contributed by atoms with E-state index in [1.165, 1.54) is 0 Å². The molecule has 27 heavy (non-hydrogen) atoms. The lowest BCUT2D eigenvalue weighted by molar-refractivity contribution is 0.475. The molecule has 9 nitrogen and oxygen atoms in total. The standard InChI is InChI=1S/C18H20N8O/c1-12-20-10-14(11-21-12)23-13-8-16(27)18(22-9-13)15-2-3-17(25-24-15)26-6-4-19-5-7-26/h2-3,8-11,19,23,27H,4-7H2,1H3. The molecule has 3 aromatic heterocycles. The van der Waals surface area contributed by atoms with Crippen LogP contribution < -0.4 is 15.5 Å². The van der Waals surface area contributed by atoms with E-state index in [1.54, 1.807) is 24.7 Å². The van der Waals surface area contributed by atoms with Gasteiger partial charge < -0.3 is 20.6 Å². The first-order chi connectivity index (χ1) is 13.2. The van der Waals surface area contributed by atoms with Gasteiger partial charge in [-0.1, -0.05) is 0 Å². The second-order valence-electron chi connectivity index (χ2n) is 6.25. The summed E-state index contributed by atoms with van der Waals surface area (Å²) >= 11 is 0. The van der Waals surface area contributed by atoms with Crippen molar-refractivity contribution in [3.63, 3.8) is 0 Å². The number of hydrogen-bond acceptors (Lipinski definition) is 9. The predicted molar refractivity (Wildman–Crippen MR) is 102 cm³/mol. The van der Waals surface area contributed by atoms with E-state index >= 15 is 0 Å². The lowest BCUT2D eigenvalue weighted by atomic mass is 10.2. The minimum Gasteiger partial charge on any atom is -0.506 e. The number of aromatic hydroxyl groups is 1. The van der Waals surface area contributed by atoms with Crippen LogP contribution in [-0.2, 0) is 0 Å². The third-order valence-corrected chi connectivity index (χ3v) is 4.27. The summed E-state index contributed by atoms with van der Waals surface area (Å²) in [4.78, 5) is 14.8. The van der Waals surface area contributed by atoms with Crippen molar-refractivity contribution in [3.05, 3.63) is 42.6 Å². The molecule has 3 aromatic rings. The summed E-state index contributed by atoms with van der Waals surface area (Å²) in [6, 6.07) is 5.33. The average molecular weight is 364 g/mol. The zero-order chi connectivity index (χ0) is 18.6.